The third-order valence-electron chi connectivity index (χ3n) is 6.30. The molecule has 0 spiro atoms. The van der Waals surface area contributed by atoms with E-state index in [1.165, 1.54) is 34.4 Å². The van der Waals surface area contributed by atoms with Gasteiger partial charge in [0, 0.05) is 39.7 Å². The SMILES string of the molecule is COc1cc(C(C)C(=O)NC(Cc2ccccc2)N2CCCC2)c(S(=O)(=O)N(C)C)cc1OC. The topological polar surface area (TPSA) is 88.2 Å². The molecule has 2 aromatic rings. The molecule has 0 aromatic heterocycles. The van der Waals surface area contributed by atoms with E-state index in [1.54, 1.807) is 13.0 Å². The Kier molecular flexibility index (Phi) is 8.57. The van der Waals surface area contributed by atoms with Gasteiger partial charge in [-0.05, 0) is 37.0 Å². The van der Waals surface area contributed by atoms with Crippen LogP contribution in [-0.2, 0) is 21.2 Å². The molecule has 0 radical (unpaired) electrons. The summed E-state index contributed by atoms with van der Waals surface area (Å²) in [7, 11) is 2.03. The van der Waals surface area contributed by atoms with Gasteiger partial charge in [-0.3, -0.25) is 9.69 Å². The van der Waals surface area contributed by atoms with Gasteiger partial charge >= 0.3 is 0 Å². The van der Waals surface area contributed by atoms with E-state index in [0.29, 0.717) is 23.5 Å². The summed E-state index contributed by atoms with van der Waals surface area (Å²) in [6.45, 7) is 3.56. The monoisotopic (exact) mass is 489 g/mol. The average molecular weight is 490 g/mol. The van der Waals surface area contributed by atoms with Gasteiger partial charge in [-0.1, -0.05) is 30.3 Å². The lowest BCUT2D eigenvalue weighted by molar-refractivity contribution is -0.124. The summed E-state index contributed by atoms with van der Waals surface area (Å²) in [6, 6.07) is 13.1. The number of nitrogens with one attached hydrogen (secondary N) is 1. The van der Waals surface area contributed by atoms with Gasteiger partial charge in [-0.15, -0.1) is 0 Å². The zero-order chi connectivity index (χ0) is 24.9. The van der Waals surface area contributed by atoms with Crippen LogP contribution in [0.4, 0.5) is 0 Å². The molecule has 8 nitrogen and oxygen atoms in total. The second kappa shape index (κ2) is 11.2. The van der Waals surface area contributed by atoms with Crippen LogP contribution in [-0.4, -0.2) is 71.1 Å². The zero-order valence-corrected chi connectivity index (χ0v) is 21.4. The number of nitrogens with zero attached hydrogens (tertiary/aromatic N) is 2. The van der Waals surface area contributed by atoms with Crippen molar-refractivity contribution in [3.63, 3.8) is 0 Å². The van der Waals surface area contributed by atoms with Gasteiger partial charge in [0.2, 0.25) is 15.9 Å². The summed E-state index contributed by atoms with van der Waals surface area (Å²) in [4.78, 5) is 15.8. The fourth-order valence-electron chi connectivity index (χ4n) is 4.23. The van der Waals surface area contributed by atoms with Crippen molar-refractivity contribution in [3.05, 3.63) is 53.6 Å². The number of ether oxygens (including phenoxy) is 2. The van der Waals surface area contributed by atoms with E-state index < -0.39 is 15.9 Å². The molecule has 2 atom stereocenters. The van der Waals surface area contributed by atoms with Gasteiger partial charge in [-0.2, -0.15) is 0 Å². The van der Waals surface area contributed by atoms with E-state index in [1.807, 2.05) is 18.2 Å². The number of methoxy groups -OCH3 is 2. The van der Waals surface area contributed by atoms with Crippen LogP contribution in [0, 0.1) is 0 Å². The van der Waals surface area contributed by atoms with Crippen molar-refractivity contribution >= 4 is 15.9 Å². The molecule has 9 heteroatoms. The van der Waals surface area contributed by atoms with E-state index in [-0.39, 0.29) is 17.0 Å². The number of carbonyl (C=O) groups excluding carboxylic acids is 1. The molecule has 1 aliphatic heterocycles. The number of likely N-dealkylation sites (tertiary alicyclic amines) is 1. The van der Waals surface area contributed by atoms with Gasteiger partial charge < -0.3 is 14.8 Å². The quantitative estimate of drug-likeness (QED) is 0.552. The number of amides is 1. The third kappa shape index (κ3) is 5.71. The fraction of sp³-hybridized carbons (Fsp3) is 0.480. The van der Waals surface area contributed by atoms with Gasteiger partial charge in [0.25, 0.3) is 0 Å². The molecular formula is C25H35N3O5S. The predicted molar refractivity (Wildman–Crippen MR) is 132 cm³/mol. The van der Waals surface area contributed by atoms with Crippen LogP contribution in [0.1, 0.15) is 36.8 Å². The highest BCUT2D eigenvalue weighted by atomic mass is 32.2. The van der Waals surface area contributed by atoms with Gasteiger partial charge in [0.05, 0.1) is 31.2 Å². The number of hydrogen-bond acceptors (Lipinski definition) is 6. The molecule has 2 unspecified atom stereocenters. The number of benzene rings is 2. The summed E-state index contributed by atoms with van der Waals surface area (Å²) in [5, 5.41) is 3.19. The highest BCUT2D eigenvalue weighted by molar-refractivity contribution is 7.89. The highest BCUT2D eigenvalue weighted by Gasteiger charge is 2.31. The van der Waals surface area contributed by atoms with Crippen LogP contribution >= 0.6 is 0 Å². The van der Waals surface area contributed by atoms with Crippen molar-refractivity contribution in [3.8, 4) is 11.5 Å². The highest BCUT2D eigenvalue weighted by Crippen LogP contribution is 2.37. The molecule has 1 aliphatic rings. The Bertz CT molecular complexity index is 1080. The summed E-state index contributed by atoms with van der Waals surface area (Å²) in [5.41, 5.74) is 1.50. The minimum absolute atomic E-state index is 0.0265. The standard InChI is InChI=1S/C25H35N3O5S/c1-18(20-16-21(32-4)22(33-5)17-23(20)34(30,31)27(2)3)25(29)26-24(28-13-9-10-14-28)15-19-11-7-6-8-12-19/h6-8,11-12,16-18,24H,9-10,13-15H2,1-5H3,(H,26,29). The van der Waals surface area contributed by atoms with E-state index in [4.69, 9.17) is 9.47 Å². The summed E-state index contributed by atoms with van der Waals surface area (Å²) in [5.74, 6) is -0.311. The van der Waals surface area contributed by atoms with Crippen LogP contribution in [0.15, 0.2) is 47.4 Å². The first kappa shape index (κ1) is 26.0. The van der Waals surface area contributed by atoms with Crippen LogP contribution in [0.3, 0.4) is 0 Å². The first-order valence-electron chi connectivity index (χ1n) is 11.5. The Balaban J connectivity index is 1.95. The molecule has 3 rings (SSSR count). The van der Waals surface area contributed by atoms with E-state index >= 15 is 0 Å². The van der Waals surface area contributed by atoms with Gasteiger partial charge in [0.1, 0.15) is 0 Å². The van der Waals surface area contributed by atoms with Crippen molar-refractivity contribution in [1.29, 1.82) is 0 Å². The molecule has 1 saturated heterocycles. The van der Waals surface area contributed by atoms with Crippen LogP contribution in [0.5, 0.6) is 11.5 Å². The van der Waals surface area contributed by atoms with Gasteiger partial charge in [-0.25, -0.2) is 12.7 Å². The van der Waals surface area contributed by atoms with Crippen molar-refractivity contribution < 1.29 is 22.7 Å². The Morgan fingerprint density at radius 1 is 1.06 bits per heavy atom. The molecule has 1 N–H and O–H groups in total. The number of rotatable bonds is 10. The van der Waals surface area contributed by atoms with Gasteiger partial charge in [0.15, 0.2) is 11.5 Å². The second-order valence-electron chi connectivity index (χ2n) is 8.71. The minimum atomic E-state index is -3.83. The largest absolute Gasteiger partial charge is 0.493 e. The third-order valence-corrected chi connectivity index (χ3v) is 8.17. The number of hydrogen-bond donors (Lipinski definition) is 1. The summed E-state index contributed by atoms with van der Waals surface area (Å²) in [6.07, 6.45) is 2.69. The van der Waals surface area contributed by atoms with Crippen molar-refractivity contribution in [2.75, 3.05) is 41.4 Å². The van der Waals surface area contributed by atoms with E-state index in [2.05, 4.69) is 22.3 Å². The smallest absolute Gasteiger partial charge is 0.243 e. The zero-order valence-electron chi connectivity index (χ0n) is 20.6. The Morgan fingerprint density at radius 3 is 2.21 bits per heavy atom. The first-order chi connectivity index (χ1) is 16.2. The number of carbonyl (C=O) groups is 1. The molecule has 2 aromatic carbocycles. The summed E-state index contributed by atoms with van der Waals surface area (Å²) >= 11 is 0. The minimum Gasteiger partial charge on any atom is -0.493 e. The van der Waals surface area contributed by atoms with Crippen LogP contribution in [0.2, 0.25) is 0 Å². The van der Waals surface area contributed by atoms with E-state index in [0.717, 1.165) is 35.8 Å². The van der Waals surface area contributed by atoms with Crippen molar-refractivity contribution in [2.24, 2.45) is 0 Å². The Morgan fingerprint density at radius 2 is 1.65 bits per heavy atom. The lowest BCUT2D eigenvalue weighted by Crippen LogP contribution is -2.49. The lowest BCUT2D eigenvalue weighted by Gasteiger charge is -2.30. The molecule has 0 aliphatic carbocycles. The van der Waals surface area contributed by atoms with Crippen molar-refractivity contribution in [1.82, 2.24) is 14.5 Å². The Hall–Kier alpha value is -2.62. The molecule has 0 saturated carbocycles. The Labute approximate surface area is 202 Å². The predicted octanol–water partition coefficient (Wildman–Crippen LogP) is 2.84. The molecular weight excluding hydrogens is 454 g/mol. The second-order valence-corrected chi connectivity index (χ2v) is 10.8. The van der Waals surface area contributed by atoms with Crippen molar-refractivity contribution in [2.45, 2.75) is 43.2 Å². The molecule has 1 fully saturated rings. The summed E-state index contributed by atoms with van der Waals surface area (Å²) < 4.78 is 38.1. The maximum absolute atomic E-state index is 13.5. The van der Waals surface area contributed by atoms with Crippen LogP contribution < -0.4 is 14.8 Å². The normalized spacial score (nSPS) is 16.3. The first-order valence-corrected chi connectivity index (χ1v) is 12.9. The average Bonchev–Trinajstić information content (AvgIpc) is 3.37. The van der Waals surface area contributed by atoms with E-state index in [9.17, 15) is 13.2 Å². The maximum atomic E-state index is 13.5. The number of sulfonamides is 1. The molecule has 1 amide bonds. The molecule has 1 heterocycles. The molecule has 34 heavy (non-hydrogen) atoms. The maximum Gasteiger partial charge on any atom is 0.243 e. The fourth-order valence-corrected chi connectivity index (χ4v) is 5.41. The lowest BCUT2D eigenvalue weighted by atomic mass is 9.99. The molecule has 186 valence electrons. The van der Waals surface area contributed by atoms with Crippen LogP contribution in [0.25, 0.3) is 0 Å². The molecule has 0 bridgehead atoms.